The van der Waals surface area contributed by atoms with E-state index >= 15 is 0 Å². The zero-order valence-electron chi connectivity index (χ0n) is 8.94. The Morgan fingerprint density at radius 3 is 2.94 bits per heavy atom. The molecule has 0 radical (unpaired) electrons. The minimum atomic E-state index is -0.353. The number of halogens is 1. The SMILES string of the molecule is Cn1ccnc1CNc1ccc(N)cc1F. The lowest BCUT2D eigenvalue weighted by Gasteiger charge is -2.07. The van der Waals surface area contributed by atoms with Crippen molar-refractivity contribution in [2.45, 2.75) is 6.54 Å². The molecule has 16 heavy (non-hydrogen) atoms. The first-order valence-electron chi connectivity index (χ1n) is 4.92. The van der Waals surface area contributed by atoms with Gasteiger partial charge in [0.15, 0.2) is 0 Å². The van der Waals surface area contributed by atoms with Gasteiger partial charge in [0.05, 0.1) is 12.2 Å². The van der Waals surface area contributed by atoms with Crippen LogP contribution < -0.4 is 11.1 Å². The Morgan fingerprint density at radius 1 is 1.50 bits per heavy atom. The van der Waals surface area contributed by atoms with Crippen molar-refractivity contribution in [1.29, 1.82) is 0 Å². The zero-order chi connectivity index (χ0) is 11.5. The fraction of sp³-hybridized carbons (Fsp3) is 0.182. The van der Waals surface area contributed by atoms with Crippen LogP contribution in [0, 0.1) is 5.82 Å². The molecular formula is C11H13FN4. The molecule has 0 aliphatic carbocycles. The highest BCUT2D eigenvalue weighted by Gasteiger charge is 2.03. The highest BCUT2D eigenvalue weighted by atomic mass is 19.1. The molecule has 0 saturated carbocycles. The number of imidazole rings is 1. The number of nitrogens with two attached hydrogens (primary N) is 1. The van der Waals surface area contributed by atoms with E-state index in [-0.39, 0.29) is 5.82 Å². The van der Waals surface area contributed by atoms with Gasteiger partial charge in [0, 0.05) is 25.1 Å². The van der Waals surface area contributed by atoms with Crippen LogP contribution in [0.4, 0.5) is 15.8 Å². The molecule has 0 aliphatic rings. The molecule has 0 amide bonds. The third kappa shape index (κ3) is 2.13. The summed E-state index contributed by atoms with van der Waals surface area (Å²) in [7, 11) is 1.89. The van der Waals surface area contributed by atoms with Gasteiger partial charge in [0.2, 0.25) is 0 Å². The second-order valence-electron chi connectivity index (χ2n) is 3.55. The summed E-state index contributed by atoms with van der Waals surface area (Å²) in [5.41, 5.74) is 6.30. The van der Waals surface area contributed by atoms with Gasteiger partial charge in [-0.05, 0) is 18.2 Å². The molecule has 1 aromatic carbocycles. The summed E-state index contributed by atoms with van der Waals surface area (Å²) >= 11 is 0. The average molecular weight is 220 g/mol. The van der Waals surface area contributed by atoms with Crippen LogP contribution in [0.15, 0.2) is 30.6 Å². The van der Waals surface area contributed by atoms with E-state index in [2.05, 4.69) is 10.3 Å². The number of aromatic nitrogens is 2. The van der Waals surface area contributed by atoms with E-state index in [1.807, 2.05) is 17.8 Å². The number of anilines is 2. The molecule has 0 saturated heterocycles. The molecule has 0 bridgehead atoms. The molecule has 4 nitrogen and oxygen atoms in total. The first-order valence-corrected chi connectivity index (χ1v) is 4.92. The largest absolute Gasteiger partial charge is 0.399 e. The molecule has 0 atom stereocenters. The molecule has 2 aromatic rings. The van der Waals surface area contributed by atoms with Crippen molar-refractivity contribution in [3.05, 3.63) is 42.2 Å². The number of aryl methyl sites for hydroxylation is 1. The van der Waals surface area contributed by atoms with E-state index in [0.717, 1.165) is 5.82 Å². The van der Waals surface area contributed by atoms with Gasteiger partial charge in [-0.25, -0.2) is 9.37 Å². The van der Waals surface area contributed by atoms with Crippen LogP contribution >= 0.6 is 0 Å². The van der Waals surface area contributed by atoms with Gasteiger partial charge in [-0.15, -0.1) is 0 Å². The van der Waals surface area contributed by atoms with Gasteiger partial charge in [0.25, 0.3) is 0 Å². The molecule has 0 unspecified atom stereocenters. The molecule has 84 valence electrons. The maximum atomic E-state index is 13.4. The standard InChI is InChI=1S/C11H13FN4/c1-16-5-4-14-11(16)7-15-10-3-2-8(13)6-9(10)12/h2-6,15H,7,13H2,1H3. The van der Waals surface area contributed by atoms with Crippen LogP contribution in [0.25, 0.3) is 0 Å². The molecule has 0 spiro atoms. The van der Waals surface area contributed by atoms with E-state index in [0.29, 0.717) is 17.9 Å². The first kappa shape index (κ1) is 10.5. The number of nitrogens with one attached hydrogen (secondary N) is 1. The Morgan fingerprint density at radius 2 is 2.31 bits per heavy atom. The van der Waals surface area contributed by atoms with Gasteiger partial charge in [-0.3, -0.25) is 0 Å². The summed E-state index contributed by atoms with van der Waals surface area (Å²) in [6.45, 7) is 0.477. The molecular weight excluding hydrogens is 207 g/mol. The van der Waals surface area contributed by atoms with Crippen LogP contribution in [-0.2, 0) is 13.6 Å². The Kier molecular flexibility index (Phi) is 2.76. The van der Waals surface area contributed by atoms with Crippen LogP contribution in [0.3, 0.4) is 0 Å². The van der Waals surface area contributed by atoms with E-state index in [4.69, 9.17) is 5.73 Å². The Balaban J connectivity index is 2.08. The van der Waals surface area contributed by atoms with E-state index < -0.39 is 0 Å². The lowest BCUT2D eigenvalue weighted by atomic mass is 10.2. The molecule has 2 rings (SSSR count). The maximum absolute atomic E-state index is 13.4. The number of nitrogens with zero attached hydrogens (tertiary/aromatic N) is 2. The van der Waals surface area contributed by atoms with Gasteiger partial charge in [-0.2, -0.15) is 0 Å². The average Bonchev–Trinajstić information content (AvgIpc) is 2.63. The number of benzene rings is 1. The number of nitrogen functional groups attached to an aromatic ring is 1. The van der Waals surface area contributed by atoms with Crippen molar-refractivity contribution >= 4 is 11.4 Å². The van der Waals surface area contributed by atoms with Gasteiger partial charge < -0.3 is 15.6 Å². The van der Waals surface area contributed by atoms with E-state index in [1.165, 1.54) is 6.07 Å². The van der Waals surface area contributed by atoms with Crippen LogP contribution in [0.2, 0.25) is 0 Å². The first-order chi connectivity index (χ1) is 7.66. The molecule has 1 aromatic heterocycles. The van der Waals surface area contributed by atoms with E-state index in [9.17, 15) is 4.39 Å². The van der Waals surface area contributed by atoms with Crippen molar-refractivity contribution in [1.82, 2.24) is 9.55 Å². The number of rotatable bonds is 3. The fourth-order valence-electron chi connectivity index (χ4n) is 1.42. The zero-order valence-corrected chi connectivity index (χ0v) is 8.94. The smallest absolute Gasteiger partial charge is 0.148 e. The summed E-state index contributed by atoms with van der Waals surface area (Å²) in [5, 5.41) is 2.97. The van der Waals surface area contributed by atoms with Crippen molar-refractivity contribution < 1.29 is 4.39 Å². The third-order valence-electron chi connectivity index (χ3n) is 2.35. The number of hydrogen-bond donors (Lipinski definition) is 2. The number of hydrogen-bond acceptors (Lipinski definition) is 3. The highest BCUT2D eigenvalue weighted by molar-refractivity contribution is 5.52. The molecule has 0 aliphatic heterocycles. The molecule has 1 heterocycles. The highest BCUT2D eigenvalue weighted by Crippen LogP contribution is 2.17. The lowest BCUT2D eigenvalue weighted by Crippen LogP contribution is -2.06. The summed E-state index contributed by atoms with van der Waals surface area (Å²) in [4.78, 5) is 4.13. The minimum Gasteiger partial charge on any atom is -0.399 e. The fourth-order valence-corrected chi connectivity index (χ4v) is 1.42. The van der Waals surface area contributed by atoms with Gasteiger partial charge in [-0.1, -0.05) is 0 Å². The summed E-state index contributed by atoms with van der Waals surface area (Å²) in [6, 6.07) is 4.57. The van der Waals surface area contributed by atoms with Crippen molar-refractivity contribution in [3.63, 3.8) is 0 Å². The third-order valence-corrected chi connectivity index (χ3v) is 2.35. The molecule has 3 N–H and O–H groups in total. The van der Waals surface area contributed by atoms with Crippen molar-refractivity contribution in [2.24, 2.45) is 7.05 Å². The predicted octanol–water partition coefficient (Wildman–Crippen LogP) is 1.75. The summed E-state index contributed by atoms with van der Waals surface area (Å²) < 4.78 is 15.3. The van der Waals surface area contributed by atoms with E-state index in [1.54, 1.807) is 18.3 Å². The molecule has 0 fully saturated rings. The monoisotopic (exact) mass is 220 g/mol. The quantitative estimate of drug-likeness (QED) is 0.775. The van der Waals surface area contributed by atoms with Gasteiger partial charge >= 0.3 is 0 Å². The van der Waals surface area contributed by atoms with Crippen molar-refractivity contribution in [3.8, 4) is 0 Å². The second kappa shape index (κ2) is 4.22. The molecule has 5 heteroatoms. The normalized spacial score (nSPS) is 10.4. The summed E-state index contributed by atoms with van der Waals surface area (Å²) in [5.74, 6) is 0.491. The Hall–Kier alpha value is -2.04. The van der Waals surface area contributed by atoms with Gasteiger partial charge in [0.1, 0.15) is 11.6 Å². The van der Waals surface area contributed by atoms with Crippen LogP contribution in [0.1, 0.15) is 5.82 Å². The minimum absolute atomic E-state index is 0.353. The topological polar surface area (TPSA) is 55.9 Å². The maximum Gasteiger partial charge on any atom is 0.148 e. The summed E-state index contributed by atoms with van der Waals surface area (Å²) in [6.07, 6.45) is 3.55. The van der Waals surface area contributed by atoms with Crippen LogP contribution in [-0.4, -0.2) is 9.55 Å². The second-order valence-corrected chi connectivity index (χ2v) is 3.55. The van der Waals surface area contributed by atoms with Crippen LogP contribution in [0.5, 0.6) is 0 Å². The Labute approximate surface area is 92.9 Å². The predicted molar refractivity (Wildman–Crippen MR) is 61.3 cm³/mol. The lowest BCUT2D eigenvalue weighted by molar-refractivity contribution is 0.630. The Bertz CT molecular complexity index is 492. The van der Waals surface area contributed by atoms with Crippen molar-refractivity contribution in [2.75, 3.05) is 11.1 Å².